The van der Waals surface area contributed by atoms with Gasteiger partial charge >= 0.3 is 0 Å². The molecule has 2 rings (SSSR count). The van der Waals surface area contributed by atoms with Crippen molar-refractivity contribution < 1.29 is 0 Å². The third-order valence-corrected chi connectivity index (χ3v) is 3.24. The second kappa shape index (κ2) is 4.23. The highest BCUT2D eigenvalue weighted by Crippen LogP contribution is 2.30. The molecule has 1 saturated carbocycles. The fraction of sp³-hybridized carbons (Fsp3) is 0.538. The first-order valence-electron chi connectivity index (χ1n) is 5.75. The Bertz CT molecular complexity index is 342. The SMILES string of the molecule is Cc1cc(N(C)C2CC2)ccc1CCN. The van der Waals surface area contributed by atoms with E-state index < -0.39 is 0 Å². The second-order valence-electron chi connectivity index (χ2n) is 4.49. The minimum atomic E-state index is 0.735. The maximum atomic E-state index is 5.58. The molecule has 0 aliphatic heterocycles. The molecule has 0 radical (unpaired) electrons. The molecule has 0 aromatic heterocycles. The van der Waals surface area contributed by atoms with E-state index in [2.05, 4.69) is 37.1 Å². The first-order valence-corrected chi connectivity index (χ1v) is 5.75. The Balaban J connectivity index is 2.16. The minimum Gasteiger partial charge on any atom is -0.372 e. The quantitative estimate of drug-likeness (QED) is 0.813. The van der Waals surface area contributed by atoms with Gasteiger partial charge in [0, 0.05) is 18.8 Å². The van der Waals surface area contributed by atoms with Crippen molar-refractivity contribution in [3.05, 3.63) is 29.3 Å². The van der Waals surface area contributed by atoms with Crippen LogP contribution in [0, 0.1) is 6.92 Å². The molecule has 0 amide bonds. The van der Waals surface area contributed by atoms with Gasteiger partial charge in [-0.1, -0.05) is 6.07 Å². The van der Waals surface area contributed by atoms with Crippen molar-refractivity contribution in [2.75, 3.05) is 18.5 Å². The van der Waals surface area contributed by atoms with Gasteiger partial charge in [0.2, 0.25) is 0 Å². The Kier molecular flexibility index (Phi) is 2.96. The van der Waals surface area contributed by atoms with E-state index in [0.29, 0.717) is 0 Å². The Labute approximate surface area is 92.1 Å². The highest BCUT2D eigenvalue weighted by molar-refractivity contribution is 5.51. The van der Waals surface area contributed by atoms with Crippen LogP contribution in [-0.4, -0.2) is 19.6 Å². The van der Waals surface area contributed by atoms with Crippen LogP contribution in [0.25, 0.3) is 0 Å². The van der Waals surface area contributed by atoms with Crippen molar-refractivity contribution in [1.29, 1.82) is 0 Å². The van der Waals surface area contributed by atoms with Crippen LogP contribution in [0.2, 0.25) is 0 Å². The van der Waals surface area contributed by atoms with Crippen LogP contribution in [0.3, 0.4) is 0 Å². The number of nitrogens with zero attached hydrogens (tertiary/aromatic N) is 1. The van der Waals surface area contributed by atoms with E-state index in [9.17, 15) is 0 Å². The molecule has 0 heterocycles. The van der Waals surface area contributed by atoms with E-state index in [1.54, 1.807) is 0 Å². The lowest BCUT2D eigenvalue weighted by molar-refractivity contribution is 0.910. The molecule has 0 saturated heterocycles. The van der Waals surface area contributed by atoms with E-state index >= 15 is 0 Å². The van der Waals surface area contributed by atoms with Gasteiger partial charge in [-0.15, -0.1) is 0 Å². The third-order valence-electron chi connectivity index (χ3n) is 3.24. The predicted octanol–water partition coefficient (Wildman–Crippen LogP) is 2.09. The van der Waals surface area contributed by atoms with Gasteiger partial charge < -0.3 is 10.6 Å². The average Bonchev–Trinajstić information content (AvgIpc) is 3.04. The van der Waals surface area contributed by atoms with Crippen LogP contribution in [-0.2, 0) is 6.42 Å². The summed E-state index contributed by atoms with van der Waals surface area (Å²) in [4.78, 5) is 2.39. The number of aryl methyl sites for hydroxylation is 1. The first kappa shape index (κ1) is 10.5. The van der Waals surface area contributed by atoms with Crippen molar-refractivity contribution >= 4 is 5.69 Å². The van der Waals surface area contributed by atoms with Crippen molar-refractivity contribution in [2.45, 2.75) is 32.2 Å². The van der Waals surface area contributed by atoms with Crippen LogP contribution in [0.15, 0.2) is 18.2 Å². The second-order valence-corrected chi connectivity index (χ2v) is 4.49. The van der Waals surface area contributed by atoms with Crippen molar-refractivity contribution in [2.24, 2.45) is 5.73 Å². The monoisotopic (exact) mass is 204 g/mol. The van der Waals surface area contributed by atoms with E-state index in [-0.39, 0.29) is 0 Å². The van der Waals surface area contributed by atoms with Crippen LogP contribution in [0.5, 0.6) is 0 Å². The molecule has 0 bridgehead atoms. The Hall–Kier alpha value is -1.02. The fourth-order valence-electron chi connectivity index (χ4n) is 2.01. The van der Waals surface area contributed by atoms with Gasteiger partial charge in [-0.05, 0) is 56.0 Å². The molecule has 15 heavy (non-hydrogen) atoms. The normalized spacial score (nSPS) is 15.4. The molecular weight excluding hydrogens is 184 g/mol. The third kappa shape index (κ3) is 2.32. The van der Waals surface area contributed by atoms with Crippen LogP contribution < -0.4 is 10.6 Å². The van der Waals surface area contributed by atoms with Crippen molar-refractivity contribution in [3.8, 4) is 0 Å². The summed E-state index contributed by atoms with van der Waals surface area (Å²) in [6.07, 6.45) is 3.68. The molecule has 1 aromatic carbocycles. The highest BCUT2D eigenvalue weighted by Gasteiger charge is 2.26. The van der Waals surface area contributed by atoms with E-state index in [1.807, 2.05) is 0 Å². The molecular formula is C13H20N2. The Morgan fingerprint density at radius 1 is 1.40 bits per heavy atom. The zero-order valence-electron chi connectivity index (χ0n) is 9.66. The van der Waals surface area contributed by atoms with Gasteiger partial charge in [0.1, 0.15) is 0 Å². The topological polar surface area (TPSA) is 29.3 Å². The van der Waals surface area contributed by atoms with Gasteiger partial charge in [0.25, 0.3) is 0 Å². The summed E-state index contributed by atoms with van der Waals surface area (Å²) >= 11 is 0. The standard InChI is InChI=1S/C13H20N2/c1-10-9-13(15(2)12-5-6-12)4-3-11(10)7-8-14/h3-4,9,12H,5-8,14H2,1-2H3. The summed E-state index contributed by atoms with van der Waals surface area (Å²) in [6, 6.07) is 7.50. The molecule has 82 valence electrons. The molecule has 2 heteroatoms. The summed E-state index contributed by atoms with van der Waals surface area (Å²) in [5, 5.41) is 0. The lowest BCUT2D eigenvalue weighted by Crippen LogP contribution is -2.19. The van der Waals surface area contributed by atoms with Crippen LogP contribution >= 0.6 is 0 Å². The van der Waals surface area contributed by atoms with E-state index in [0.717, 1.165) is 19.0 Å². The zero-order chi connectivity index (χ0) is 10.8. The van der Waals surface area contributed by atoms with Crippen LogP contribution in [0.1, 0.15) is 24.0 Å². The maximum Gasteiger partial charge on any atom is 0.0368 e. The van der Waals surface area contributed by atoms with Gasteiger partial charge in [0.15, 0.2) is 0 Å². The summed E-state index contributed by atoms with van der Waals surface area (Å²) in [5.74, 6) is 0. The molecule has 2 nitrogen and oxygen atoms in total. The Morgan fingerprint density at radius 3 is 2.67 bits per heavy atom. The molecule has 0 spiro atoms. The summed E-state index contributed by atoms with van der Waals surface area (Å²) in [7, 11) is 2.19. The fourth-order valence-corrected chi connectivity index (χ4v) is 2.01. The average molecular weight is 204 g/mol. The molecule has 1 aromatic rings. The van der Waals surface area contributed by atoms with Gasteiger partial charge in [-0.3, -0.25) is 0 Å². The zero-order valence-corrected chi connectivity index (χ0v) is 9.66. The summed E-state index contributed by atoms with van der Waals surface area (Å²) < 4.78 is 0. The number of benzene rings is 1. The number of hydrogen-bond acceptors (Lipinski definition) is 2. The molecule has 0 unspecified atom stereocenters. The number of anilines is 1. The van der Waals surface area contributed by atoms with Crippen molar-refractivity contribution in [1.82, 2.24) is 0 Å². The predicted molar refractivity (Wildman–Crippen MR) is 65.4 cm³/mol. The highest BCUT2D eigenvalue weighted by atomic mass is 15.2. The van der Waals surface area contributed by atoms with E-state index in [4.69, 9.17) is 5.73 Å². The molecule has 1 fully saturated rings. The lowest BCUT2D eigenvalue weighted by Gasteiger charge is -2.20. The lowest BCUT2D eigenvalue weighted by atomic mass is 10.0. The smallest absolute Gasteiger partial charge is 0.0368 e. The number of rotatable bonds is 4. The Morgan fingerprint density at radius 2 is 2.13 bits per heavy atom. The number of nitrogens with two attached hydrogens (primary N) is 1. The van der Waals surface area contributed by atoms with Crippen LogP contribution in [0.4, 0.5) is 5.69 Å². The summed E-state index contributed by atoms with van der Waals surface area (Å²) in [5.41, 5.74) is 9.66. The maximum absolute atomic E-state index is 5.58. The van der Waals surface area contributed by atoms with E-state index in [1.165, 1.54) is 29.7 Å². The van der Waals surface area contributed by atoms with Gasteiger partial charge in [-0.2, -0.15) is 0 Å². The largest absolute Gasteiger partial charge is 0.372 e. The molecule has 1 aliphatic carbocycles. The van der Waals surface area contributed by atoms with Gasteiger partial charge in [-0.25, -0.2) is 0 Å². The number of hydrogen-bond donors (Lipinski definition) is 1. The molecule has 1 aliphatic rings. The van der Waals surface area contributed by atoms with Gasteiger partial charge in [0.05, 0.1) is 0 Å². The first-order chi connectivity index (χ1) is 7.22. The molecule has 0 atom stereocenters. The summed E-state index contributed by atoms with van der Waals surface area (Å²) in [6.45, 7) is 2.91. The minimum absolute atomic E-state index is 0.735. The van der Waals surface area contributed by atoms with Crippen molar-refractivity contribution in [3.63, 3.8) is 0 Å². The molecule has 2 N–H and O–H groups in total.